The van der Waals surface area contributed by atoms with Crippen LogP contribution in [0.5, 0.6) is 5.75 Å². The van der Waals surface area contributed by atoms with E-state index < -0.39 is 11.7 Å². The average Bonchev–Trinajstić information content (AvgIpc) is 2.68. The number of rotatable bonds is 7. The second kappa shape index (κ2) is 8.60. The summed E-state index contributed by atoms with van der Waals surface area (Å²) in [5.74, 6) is 1.60. The predicted octanol–water partition coefficient (Wildman–Crippen LogP) is 4.90. The van der Waals surface area contributed by atoms with Gasteiger partial charge in [-0.25, -0.2) is 4.98 Å². The number of anilines is 3. The molecule has 28 heavy (non-hydrogen) atoms. The van der Waals surface area contributed by atoms with Gasteiger partial charge in [-0.15, -0.1) is 0 Å². The van der Waals surface area contributed by atoms with Gasteiger partial charge in [-0.3, -0.25) is 0 Å². The quantitative estimate of drug-likeness (QED) is 0.603. The fraction of sp³-hybridized carbons (Fsp3) is 0.200. The molecule has 3 aromatic rings. The van der Waals surface area contributed by atoms with Gasteiger partial charge >= 0.3 is 6.18 Å². The van der Waals surface area contributed by atoms with E-state index in [1.165, 1.54) is 12.1 Å². The molecule has 0 aliphatic heterocycles. The molecule has 0 amide bonds. The molecule has 0 atom stereocenters. The Morgan fingerprint density at radius 3 is 2.54 bits per heavy atom. The van der Waals surface area contributed by atoms with E-state index in [9.17, 15) is 13.2 Å². The zero-order chi connectivity index (χ0) is 20.0. The number of hydrogen-bond donors (Lipinski definition) is 2. The van der Waals surface area contributed by atoms with Crippen LogP contribution in [0.2, 0.25) is 0 Å². The van der Waals surface area contributed by atoms with Gasteiger partial charge in [-0.2, -0.15) is 18.2 Å². The van der Waals surface area contributed by atoms with Crippen molar-refractivity contribution in [3.05, 3.63) is 71.9 Å². The summed E-state index contributed by atoms with van der Waals surface area (Å²) in [5, 5.41) is 5.98. The molecule has 2 N–H and O–H groups in total. The zero-order valence-corrected chi connectivity index (χ0v) is 15.1. The number of aromatic nitrogens is 2. The standard InChI is InChI=1S/C20H19F3N4O/c1-28-17-7-5-14(6-8-17)9-11-24-18-10-12-25-19(27-18)26-16-4-2-3-15(13-16)20(21,22)23/h2-8,10,12-13H,9,11H2,1H3,(H2,24,25,26,27). The van der Waals surface area contributed by atoms with Crippen LogP contribution in [0.25, 0.3) is 0 Å². The van der Waals surface area contributed by atoms with Crippen LogP contribution in [-0.2, 0) is 12.6 Å². The average molecular weight is 388 g/mol. The van der Waals surface area contributed by atoms with E-state index in [1.807, 2.05) is 24.3 Å². The second-order valence-electron chi connectivity index (χ2n) is 5.99. The van der Waals surface area contributed by atoms with E-state index in [0.717, 1.165) is 29.9 Å². The number of alkyl halides is 3. The maximum atomic E-state index is 12.8. The molecule has 0 radical (unpaired) electrons. The number of hydrogen-bond acceptors (Lipinski definition) is 5. The highest BCUT2D eigenvalue weighted by Gasteiger charge is 2.30. The lowest BCUT2D eigenvalue weighted by molar-refractivity contribution is -0.137. The molecule has 0 fully saturated rings. The molecular weight excluding hydrogens is 369 g/mol. The first kappa shape index (κ1) is 19.5. The largest absolute Gasteiger partial charge is 0.497 e. The van der Waals surface area contributed by atoms with Crippen molar-refractivity contribution in [2.45, 2.75) is 12.6 Å². The first-order chi connectivity index (χ1) is 13.4. The molecule has 2 aromatic carbocycles. The van der Waals surface area contributed by atoms with Crippen LogP contribution in [0.4, 0.5) is 30.6 Å². The third-order valence-corrected chi connectivity index (χ3v) is 3.98. The third kappa shape index (κ3) is 5.35. The minimum absolute atomic E-state index is 0.216. The Morgan fingerprint density at radius 2 is 1.82 bits per heavy atom. The molecule has 0 aliphatic rings. The topological polar surface area (TPSA) is 59.1 Å². The minimum Gasteiger partial charge on any atom is -0.497 e. The highest BCUT2D eigenvalue weighted by atomic mass is 19.4. The summed E-state index contributed by atoms with van der Waals surface area (Å²) in [7, 11) is 1.62. The molecule has 146 valence electrons. The molecule has 5 nitrogen and oxygen atoms in total. The van der Waals surface area contributed by atoms with E-state index in [4.69, 9.17) is 4.74 Å². The van der Waals surface area contributed by atoms with Gasteiger partial charge in [-0.05, 0) is 48.4 Å². The van der Waals surface area contributed by atoms with E-state index in [0.29, 0.717) is 12.4 Å². The Morgan fingerprint density at radius 1 is 1.04 bits per heavy atom. The molecule has 1 heterocycles. The van der Waals surface area contributed by atoms with E-state index in [-0.39, 0.29) is 11.6 Å². The molecule has 8 heteroatoms. The summed E-state index contributed by atoms with van der Waals surface area (Å²) in [6.45, 7) is 0.645. The fourth-order valence-corrected chi connectivity index (χ4v) is 2.55. The summed E-state index contributed by atoms with van der Waals surface area (Å²) in [6, 6.07) is 14.4. The van der Waals surface area contributed by atoms with Gasteiger partial charge in [0.05, 0.1) is 12.7 Å². The Bertz CT molecular complexity index is 914. The molecule has 0 spiro atoms. The van der Waals surface area contributed by atoms with Gasteiger partial charge < -0.3 is 15.4 Å². The van der Waals surface area contributed by atoms with Gasteiger partial charge in [0.2, 0.25) is 5.95 Å². The number of benzene rings is 2. The van der Waals surface area contributed by atoms with Crippen molar-refractivity contribution >= 4 is 17.5 Å². The molecule has 1 aromatic heterocycles. The van der Waals surface area contributed by atoms with Crippen LogP contribution < -0.4 is 15.4 Å². The lowest BCUT2D eigenvalue weighted by atomic mass is 10.1. The highest BCUT2D eigenvalue weighted by Crippen LogP contribution is 2.31. The Balaban J connectivity index is 1.59. The van der Waals surface area contributed by atoms with Crippen molar-refractivity contribution < 1.29 is 17.9 Å². The summed E-state index contributed by atoms with van der Waals surface area (Å²) >= 11 is 0. The lowest BCUT2D eigenvalue weighted by Crippen LogP contribution is -2.08. The van der Waals surface area contributed by atoms with E-state index in [1.54, 1.807) is 19.4 Å². The number of nitrogens with one attached hydrogen (secondary N) is 2. The molecule has 0 saturated carbocycles. The number of nitrogens with zero attached hydrogens (tertiary/aromatic N) is 2. The van der Waals surface area contributed by atoms with Crippen molar-refractivity contribution in [2.75, 3.05) is 24.3 Å². The zero-order valence-electron chi connectivity index (χ0n) is 15.1. The predicted molar refractivity (Wildman–Crippen MR) is 102 cm³/mol. The van der Waals surface area contributed by atoms with Gasteiger partial charge in [-0.1, -0.05) is 18.2 Å². The van der Waals surface area contributed by atoms with Crippen LogP contribution >= 0.6 is 0 Å². The van der Waals surface area contributed by atoms with Crippen molar-refractivity contribution in [2.24, 2.45) is 0 Å². The molecule has 0 saturated heterocycles. The van der Waals surface area contributed by atoms with Crippen molar-refractivity contribution in [1.82, 2.24) is 9.97 Å². The van der Waals surface area contributed by atoms with Gasteiger partial charge in [0.15, 0.2) is 0 Å². The van der Waals surface area contributed by atoms with Crippen molar-refractivity contribution in [3.63, 3.8) is 0 Å². The fourth-order valence-electron chi connectivity index (χ4n) is 2.55. The SMILES string of the molecule is COc1ccc(CCNc2ccnc(Nc3cccc(C(F)(F)F)c3)n2)cc1. The Labute approximate surface area is 160 Å². The number of ether oxygens (including phenoxy) is 1. The maximum absolute atomic E-state index is 12.8. The molecular formula is C20H19F3N4O. The normalized spacial score (nSPS) is 11.1. The van der Waals surface area contributed by atoms with Crippen molar-refractivity contribution in [1.29, 1.82) is 0 Å². The monoisotopic (exact) mass is 388 g/mol. The summed E-state index contributed by atoms with van der Waals surface area (Å²) < 4.78 is 43.6. The van der Waals surface area contributed by atoms with Crippen LogP contribution in [0.1, 0.15) is 11.1 Å². The van der Waals surface area contributed by atoms with Crippen LogP contribution in [0, 0.1) is 0 Å². The molecule has 3 rings (SSSR count). The van der Waals surface area contributed by atoms with Gasteiger partial charge in [0, 0.05) is 18.4 Å². The number of methoxy groups -OCH3 is 1. The van der Waals surface area contributed by atoms with Crippen LogP contribution in [-0.4, -0.2) is 23.6 Å². The van der Waals surface area contributed by atoms with E-state index in [2.05, 4.69) is 20.6 Å². The first-order valence-corrected chi connectivity index (χ1v) is 8.58. The number of halogens is 3. The maximum Gasteiger partial charge on any atom is 0.416 e. The van der Waals surface area contributed by atoms with Crippen LogP contribution in [0.15, 0.2) is 60.8 Å². The third-order valence-electron chi connectivity index (χ3n) is 3.98. The van der Waals surface area contributed by atoms with Crippen LogP contribution in [0.3, 0.4) is 0 Å². The van der Waals surface area contributed by atoms with Gasteiger partial charge in [0.25, 0.3) is 0 Å². The van der Waals surface area contributed by atoms with Crippen molar-refractivity contribution in [3.8, 4) is 5.75 Å². The smallest absolute Gasteiger partial charge is 0.416 e. The summed E-state index contributed by atoms with van der Waals surface area (Å²) in [5.41, 5.74) is 0.682. The summed E-state index contributed by atoms with van der Waals surface area (Å²) in [4.78, 5) is 8.34. The van der Waals surface area contributed by atoms with Gasteiger partial charge in [0.1, 0.15) is 11.6 Å². The molecule has 0 unspecified atom stereocenters. The van der Waals surface area contributed by atoms with E-state index >= 15 is 0 Å². The second-order valence-corrected chi connectivity index (χ2v) is 5.99. The first-order valence-electron chi connectivity index (χ1n) is 8.58. The minimum atomic E-state index is -4.40. The molecule has 0 aliphatic carbocycles. The highest BCUT2D eigenvalue weighted by molar-refractivity contribution is 5.56. The Hall–Kier alpha value is -3.29. The Kier molecular flexibility index (Phi) is 5.98. The summed E-state index contributed by atoms with van der Waals surface area (Å²) in [6.07, 6.45) is -2.08. The lowest BCUT2D eigenvalue weighted by Gasteiger charge is -2.11. The molecule has 0 bridgehead atoms.